The fraction of sp³-hybridized carbons (Fsp3) is 0.533. The van der Waals surface area contributed by atoms with Crippen molar-refractivity contribution in [3.8, 4) is 5.75 Å². The SMILES string of the molecule is CNCC=N.Cc1ccc(N)c(OCCCOCCNO)c1. The molecule has 1 rings (SSSR count). The van der Waals surface area contributed by atoms with Crippen LogP contribution in [0.5, 0.6) is 5.75 Å². The van der Waals surface area contributed by atoms with E-state index < -0.39 is 0 Å². The zero-order valence-electron chi connectivity index (χ0n) is 13.4. The molecule has 0 heterocycles. The fourth-order valence-electron chi connectivity index (χ4n) is 1.43. The van der Waals surface area contributed by atoms with Crippen LogP contribution in [-0.2, 0) is 4.74 Å². The van der Waals surface area contributed by atoms with E-state index in [1.807, 2.05) is 37.7 Å². The maximum absolute atomic E-state index is 8.31. The number of hydrogen-bond donors (Lipinski definition) is 5. The predicted octanol–water partition coefficient (Wildman–Crippen LogP) is 1.20. The van der Waals surface area contributed by atoms with Crippen molar-refractivity contribution in [3.05, 3.63) is 23.8 Å². The maximum Gasteiger partial charge on any atom is 0.142 e. The maximum atomic E-state index is 8.31. The summed E-state index contributed by atoms with van der Waals surface area (Å²) in [4.78, 5) is 0. The molecule has 0 saturated carbocycles. The van der Waals surface area contributed by atoms with Gasteiger partial charge in [-0.05, 0) is 31.7 Å². The van der Waals surface area contributed by atoms with Crippen LogP contribution in [-0.4, -0.2) is 51.4 Å². The first-order valence-electron chi connectivity index (χ1n) is 7.22. The number of nitrogens with one attached hydrogen (secondary N) is 3. The van der Waals surface area contributed by atoms with Gasteiger partial charge in [-0.2, -0.15) is 0 Å². The van der Waals surface area contributed by atoms with Crippen molar-refractivity contribution in [2.24, 2.45) is 0 Å². The van der Waals surface area contributed by atoms with Gasteiger partial charge in [0, 0.05) is 32.3 Å². The summed E-state index contributed by atoms with van der Waals surface area (Å²) in [6, 6.07) is 5.72. The molecule has 0 bridgehead atoms. The van der Waals surface area contributed by atoms with E-state index in [4.69, 9.17) is 25.8 Å². The van der Waals surface area contributed by atoms with Crippen LogP contribution in [0.3, 0.4) is 0 Å². The van der Waals surface area contributed by atoms with Gasteiger partial charge in [0.05, 0.1) is 18.9 Å². The lowest BCUT2D eigenvalue weighted by atomic mass is 10.2. The average molecular weight is 312 g/mol. The molecule has 7 nitrogen and oxygen atoms in total. The number of anilines is 1. The van der Waals surface area contributed by atoms with E-state index >= 15 is 0 Å². The first kappa shape index (κ1) is 20.3. The molecular formula is C15H28N4O3. The zero-order chi connectivity index (χ0) is 16.6. The van der Waals surface area contributed by atoms with E-state index in [1.165, 1.54) is 6.21 Å². The molecular weight excluding hydrogens is 284 g/mol. The predicted molar refractivity (Wildman–Crippen MR) is 89.0 cm³/mol. The second kappa shape index (κ2) is 14.3. The van der Waals surface area contributed by atoms with Gasteiger partial charge in [0.15, 0.2) is 0 Å². The van der Waals surface area contributed by atoms with E-state index in [9.17, 15) is 0 Å². The summed E-state index contributed by atoms with van der Waals surface area (Å²) in [5.74, 6) is 0.724. The lowest BCUT2D eigenvalue weighted by Crippen LogP contribution is -2.15. The molecule has 0 atom stereocenters. The molecule has 6 N–H and O–H groups in total. The Kier molecular flexibility index (Phi) is 13.2. The lowest BCUT2D eigenvalue weighted by molar-refractivity contribution is 0.0838. The smallest absolute Gasteiger partial charge is 0.142 e. The van der Waals surface area contributed by atoms with Crippen molar-refractivity contribution in [2.75, 3.05) is 45.7 Å². The van der Waals surface area contributed by atoms with Crippen molar-refractivity contribution in [3.63, 3.8) is 0 Å². The normalized spacial score (nSPS) is 9.77. The summed E-state index contributed by atoms with van der Waals surface area (Å²) < 4.78 is 10.8. The molecule has 1 aromatic carbocycles. The average Bonchev–Trinajstić information content (AvgIpc) is 2.51. The number of nitrogens with two attached hydrogens (primary N) is 1. The van der Waals surface area contributed by atoms with Crippen LogP contribution >= 0.6 is 0 Å². The molecule has 0 aliphatic heterocycles. The number of rotatable bonds is 10. The standard InChI is InChI=1S/C12H20N2O3.C3H8N2/c1-10-3-4-11(13)12(9-10)17-7-2-6-16-8-5-14-15;1-5-3-2-4/h3-4,9,14-15H,2,5-8,13H2,1H3;2,4-5H,3H2,1H3. The summed E-state index contributed by atoms with van der Waals surface area (Å²) >= 11 is 0. The van der Waals surface area contributed by atoms with Crippen molar-refractivity contribution in [1.29, 1.82) is 5.41 Å². The van der Waals surface area contributed by atoms with Crippen molar-refractivity contribution in [1.82, 2.24) is 10.8 Å². The van der Waals surface area contributed by atoms with E-state index in [1.54, 1.807) is 0 Å². The molecule has 0 aromatic heterocycles. The van der Waals surface area contributed by atoms with Gasteiger partial charge >= 0.3 is 0 Å². The quantitative estimate of drug-likeness (QED) is 0.192. The third-order valence-electron chi connectivity index (χ3n) is 2.52. The van der Waals surface area contributed by atoms with Gasteiger partial charge in [-0.15, -0.1) is 0 Å². The number of hydroxylamine groups is 1. The first-order chi connectivity index (χ1) is 10.7. The van der Waals surface area contributed by atoms with E-state index in [0.717, 1.165) is 17.7 Å². The van der Waals surface area contributed by atoms with Crippen LogP contribution in [0.1, 0.15) is 12.0 Å². The Morgan fingerprint density at radius 2 is 2.09 bits per heavy atom. The highest BCUT2D eigenvalue weighted by Gasteiger charge is 2.00. The molecule has 0 spiro atoms. The summed E-state index contributed by atoms with van der Waals surface area (Å²) in [5, 5.41) is 17.5. The second-order valence-electron chi connectivity index (χ2n) is 4.53. The molecule has 0 radical (unpaired) electrons. The Labute approximate surface area is 132 Å². The van der Waals surface area contributed by atoms with Gasteiger partial charge in [0.25, 0.3) is 0 Å². The molecule has 1 aromatic rings. The summed E-state index contributed by atoms with van der Waals surface area (Å²) in [6.45, 7) is 4.78. The summed E-state index contributed by atoms with van der Waals surface area (Å²) in [7, 11) is 1.81. The topological polar surface area (TPSA) is 113 Å². The summed E-state index contributed by atoms with van der Waals surface area (Å²) in [5.41, 5.74) is 9.58. The van der Waals surface area contributed by atoms with Gasteiger partial charge in [-0.3, -0.25) is 0 Å². The zero-order valence-corrected chi connectivity index (χ0v) is 13.4. The third kappa shape index (κ3) is 11.0. The van der Waals surface area contributed by atoms with E-state index in [-0.39, 0.29) is 0 Å². The monoisotopic (exact) mass is 312 g/mol. The first-order valence-corrected chi connectivity index (χ1v) is 7.22. The second-order valence-corrected chi connectivity index (χ2v) is 4.53. The van der Waals surface area contributed by atoms with Crippen LogP contribution in [0.4, 0.5) is 5.69 Å². The van der Waals surface area contributed by atoms with Crippen LogP contribution in [0.15, 0.2) is 18.2 Å². The Morgan fingerprint density at radius 1 is 1.32 bits per heavy atom. The van der Waals surface area contributed by atoms with Gasteiger partial charge in [-0.1, -0.05) is 6.07 Å². The Morgan fingerprint density at radius 3 is 2.68 bits per heavy atom. The molecule has 0 saturated heterocycles. The largest absolute Gasteiger partial charge is 0.491 e. The molecule has 7 heteroatoms. The summed E-state index contributed by atoms with van der Waals surface area (Å²) in [6.07, 6.45) is 2.11. The van der Waals surface area contributed by atoms with E-state index in [2.05, 4.69) is 5.32 Å². The minimum absolute atomic E-state index is 0.436. The van der Waals surface area contributed by atoms with E-state index in [0.29, 0.717) is 38.6 Å². The van der Waals surface area contributed by atoms with Crippen molar-refractivity contribution in [2.45, 2.75) is 13.3 Å². The molecule has 0 aliphatic carbocycles. The van der Waals surface area contributed by atoms with Crippen LogP contribution in [0.25, 0.3) is 0 Å². The van der Waals surface area contributed by atoms with Gasteiger partial charge in [0.1, 0.15) is 5.75 Å². The van der Waals surface area contributed by atoms with Crippen molar-refractivity contribution >= 4 is 11.9 Å². The fourth-order valence-corrected chi connectivity index (χ4v) is 1.43. The number of nitrogen functional groups attached to an aromatic ring is 1. The highest BCUT2D eigenvalue weighted by Crippen LogP contribution is 2.22. The number of benzene rings is 1. The molecule has 0 aliphatic rings. The van der Waals surface area contributed by atoms with Crippen LogP contribution < -0.4 is 21.3 Å². The Hall–Kier alpha value is -1.67. The minimum atomic E-state index is 0.436. The van der Waals surface area contributed by atoms with Crippen molar-refractivity contribution < 1.29 is 14.7 Å². The number of hydrogen-bond acceptors (Lipinski definition) is 7. The molecule has 0 unspecified atom stereocenters. The highest BCUT2D eigenvalue weighted by molar-refractivity contribution is 5.55. The van der Waals surface area contributed by atoms with Crippen LogP contribution in [0, 0.1) is 12.3 Å². The number of ether oxygens (including phenoxy) is 2. The van der Waals surface area contributed by atoms with Crippen LogP contribution in [0.2, 0.25) is 0 Å². The molecule has 126 valence electrons. The molecule has 22 heavy (non-hydrogen) atoms. The Bertz CT molecular complexity index is 402. The van der Waals surface area contributed by atoms with Gasteiger partial charge in [-0.25, -0.2) is 5.48 Å². The van der Waals surface area contributed by atoms with Gasteiger partial charge in [0.2, 0.25) is 0 Å². The third-order valence-corrected chi connectivity index (χ3v) is 2.52. The minimum Gasteiger partial charge on any atom is -0.491 e. The molecule has 0 fully saturated rings. The number of aryl methyl sites for hydroxylation is 1. The Balaban J connectivity index is 0.000000763. The van der Waals surface area contributed by atoms with Gasteiger partial charge < -0.3 is 31.1 Å². The lowest BCUT2D eigenvalue weighted by Gasteiger charge is -2.09. The highest BCUT2D eigenvalue weighted by atomic mass is 16.5. The molecule has 0 amide bonds.